The van der Waals surface area contributed by atoms with Crippen molar-refractivity contribution in [2.24, 2.45) is 0 Å². The summed E-state index contributed by atoms with van der Waals surface area (Å²) in [5, 5.41) is 8.43. The summed E-state index contributed by atoms with van der Waals surface area (Å²) < 4.78 is 9.55. The molecule has 0 aliphatic rings. The predicted octanol–water partition coefficient (Wildman–Crippen LogP) is 1.41. The fourth-order valence-electron chi connectivity index (χ4n) is 1.12. The average molecular weight is 218 g/mol. The molecule has 5 nitrogen and oxygen atoms in total. The second-order valence-electron chi connectivity index (χ2n) is 2.78. The monoisotopic (exact) mass is 218 g/mol. The van der Waals surface area contributed by atoms with Gasteiger partial charge in [-0.1, -0.05) is 0 Å². The molecule has 0 aliphatic carbocycles. The lowest BCUT2D eigenvalue weighted by Gasteiger charge is -2.05. The molecule has 1 heterocycles. The third-order valence-corrected chi connectivity index (χ3v) is 1.83. The van der Waals surface area contributed by atoms with Crippen LogP contribution in [0, 0.1) is 11.3 Å². The third-order valence-electron chi connectivity index (χ3n) is 1.83. The van der Waals surface area contributed by atoms with Crippen LogP contribution in [0.1, 0.15) is 15.9 Å². The molecule has 0 N–H and O–H groups in total. The van der Waals surface area contributed by atoms with Crippen molar-refractivity contribution in [3.05, 3.63) is 29.5 Å². The number of aromatic nitrogens is 1. The highest BCUT2D eigenvalue weighted by atomic mass is 16.5. The minimum Gasteiger partial charge on any atom is -0.481 e. The van der Waals surface area contributed by atoms with E-state index in [0.717, 1.165) is 0 Å². The van der Waals surface area contributed by atoms with Gasteiger partial charge in [0.15, 0.2) is 0 Å². The topological polar surface area (TPSA) is 72.2 Å². The zero-order chi connectivity index (χ0) is 12.0. The lowest BCUT2D eigenvalue weighted by atomic mass is 10.2. The van der Waals surface area contributed by atoms with E-state index in [1.807, 2.05) is 6.07 Å². The number of allylic oxidation sites excluding steroid dienone is 1. The van der Waals surface area contributed by atoms with E-state index >= 15 is 0 Å². The highest BCUT2D eigenvalue weighted by Crippen LogP contribution is 2.18. The van der Waals surface area contributed by atoms with Crippen molar-refractivity contribution in [1.82, 2.24) is 4.98 Å². The Labute approximate surface area is 92.9 Å². The van der Waals surface area contributed by atoms with E-state index in [2.05, 4.69) is 9.72 Å². The molecule has 0 saturated heterocycles. The molecule has 0 unspecified atom stereocenters. The molecule has 1 aromatic heterocycles. The molecule has 16 heavy (non-hydrogen) atoms. The molecule has 1 aromatic rings. The number of esters is 1. The maximum Gasteiger partial charge on any atom is 0.339 e. The largest absolute Gasteiger partial charge is 0.481 e. The Hall–Kier alpha value is -2.35. The van der Waals surface area contributed by atoms with Gasteiger partial charge in [0.05, 0.1) is 25.9 Å². The van der Waals surface area contributed by atoms with Crippen molar-refractivity contribution >= 4 is 12.0 Å². The Balaban J connectivity index is 3.16. The fourth-order valence-corrected chi connectivity index (χ4v) is 1.12. The van der Waals surface area contributed by atoms with Crippen molar-refractivity contribution in [2.45, 2.75) is 0 Å². The van der Waals surface area contributed by atoms with Crippen LogP contribution >= 0.6 is 0 Å². The Bertz CT molecular complexity index is 461. The van der Waals surface area contributed by atoms with Crippen molar-refractivity contribution in [2.75, 3.05) is 14.2 Å². The molecule has 82 valence electrons. The van der Waals surface area contributed by atoms with Gasteiger partial charge in [-0.05, 0) is 12.1 Å². The van der Waals surface area contributed by atoms with Gasteiger partial charge in [0.1, 0.15) is 0 Å². The Morgan fingerprint density at radius 3 is 2.88 bits per heavy atom. The molecule has 0 atom stereocenters. The Morgan fingerprint density at radius 1 is 1.56 bits per heavy atom. The maximum absolute atomic E-state index is 11.2. The summed E-state index contributed by atoms with van der Waals surface area (Å²) in [6.45, 7) is 0. The van der Waals surface area contributed by atoms with Crippen LogP contribution in [-0.4, -0.2) is 25.2 Å². The first-order chi connectivity index (χ1) is 7.72. The number of rotatable bonds is 3. The minimum atomic E-state index is -0.484. The quantitative estimate of drug-likeness (QED) is 0.566. The van der Waals surface area contributed by atoms with Crippen LogP contribution in [-0.2, 0) is 4.74 Å². The summed E-state index contributed by atoms with van der Waals surface area (Å²) in [7, 11) is 2.75. The second kappa shape index (κ2) is 5.51. The molecule has 5 heteroatoms. The first-order valence-corrected chi connectivity index (χ1v) is 4.41. The zero-order valence-electron chi connectivity index (χ0n) is 8.93. The molecule has 1 rings (SSSR count). The first kappa shape index (κ1) is 11.7. The van der Waals surface area contributed by atoms with Crippen molar-refractivity contribution in [3.8, 4) is 11.9 Å². The van der Waals surface area contributed by atoms with Crippen molar-refractivity contribution in [1.29, 1.82) is 5.26 Å². The second-order valence-corrected chi connectivity index (χ2v) is 2.78. The predicted molar refractivity (Wildman–Crippen MR) is 56.8 cm³/mol. The summed E-state index contributed by atoms with van der Waals surface area (Å²) in [5.74, 6) is -0.138. The number of nitrogens with zero attached hydrogens (tertiary/aromatic N) is 2. The van der Waals surface area contributed by atoms with E-state index < -0.39 is 5.97 Å². The van der Waals surface area contributed by atoms with Gasteiger partial charge in [-0.3, -0.25) is 0 Å². The molecule has 0 spiro atoms. The number of methoxy groups -OCH3 is 2. The molecule has 0 aliphatic heterocycles. The normalized spacial score (nSPS) is 9.81. The number of nitriles is 1. The van der Waals surface area contributed by atoms with E-state index in [1.54, 1.807) is 6.07 Å². The van der Waals surface area contributed by atoms with E-state index in [9.17, 15) is 4.79 Å². The van der Waals surface area contributed by atoms with Crippen LogP contribution in [0.4, 0.5) is 0 Å². The average Bonchev–Trinajstić information content (AvgIpc) is 2.34. The van der Waals surface area contributed by atoms with Crippen molar-refractivity contribution in [3.63, 3.8) is 0 Å². The smallest absolute Gasteiger partial charge is 0.339 e. The van der Waals surface area contributed by atoms with Gasteiger partial charge in [-0.15, -0.1) is 0 Å². The number of hydrogen-bond acceptors (Lipinski definition) is 5. The van der Waals surface area contributed by atoms with Gasteiger partial charge in [-0.25, -0.2) is 9.78 Å². The fraction of sp³-hybridized carbons (Fsp3) is 0.182. The number of hydrogen-bond donors (Lipinski definition) is 0. The molecule has 0 fully saturated rings. The summed E-state index contributed by atoms with van der Waals surface area (Å²) >= 11 is 0. The van der Waals surface area contributed by atoms with Gasteiger partial charge in [-0.2, -0.15) is 5.26 Å². The minimum absolute atomic E-state index is 0.306. The maximum atomic E-state index is 11.2. The standard InChI is InChI=1S/C11H10N2O3/c1-15-10-8(4-3-5-12)6-9(7-13-10)11(14)16-2/h3-4,6-7H,1-2H3. The molecule has 0 amide bonds. The van der Waals surface area contributed by atoms with E-state index in [-0.39, 0.29) is 0 Å². The van der Waals surface area contributed by atoms with Gasteiger partial charge in [0.25, 0.3) is 0 Å². The molecular weight excluding hydrogens is 208 g/mol. The zero-order valence-corrected chi connectivity index (χ0v) is 8.93. The Morgan fingerprint density at radius 2 is 2.31 bits per heavy atom. The van der Waals surface area contributed by atoms with Crippen LogP contribution in [0.2, 0.25) is 0 Å². The summed E-state index contributed by atoms with van der Waals surface area (Å²) in [4.78, 5) is 15.2. The van der Waals surface area contributed by atoms with E-state index in [0.29, 0.717) is 17.0 Å². The number of pyridine rings is 1. The Kier molecular flexibility index (Phi) is 4.04. The third kappa shape index (κ3) is 2.58. The SMILES string of the molecule is COC(=O)c1cnc(OC)c(C=CC#N)c1. The molecular formula is C11H10N2O3. The van der Waals surface area contributed by atoms with E-state index in [4.69, 9.17) is 10.00 Å². The molecule has 0 radical (unpaired) electrons. The summed E-state index contributed by atoms with van der Waals surface area (Å²) in [6, 6.07) is 3.40. The molecule has 0 saturated carbocycles. The van der Waals surface area contributed by atoms with Crippen LogP contribution < -0.4 is 4.74 Å². The molecule has 0 aromatic carbocycles. The van der Waals surface area contributed by atoms with Crippen LogP contribution in [0.3, 0.4) is 0 Å². The van der Waals surface area contributed by atoms with Gasteiger partial charge >= 0.3 is 5.97 Å². The van der Waals surface area contributed by atoms with E-state index in [1.165, 1.54) is 32.6 Å². The number of carbonyl (C=O) groups is 1. The number of carbonyl (C=O) groups excluding carboxylic acids is 1. The lowest BCUT2D eigenvalue weighted by Crippen LogP contribution is -2.03. The first-order valence-electron chi connectivity index (χ1n) is 4.41. The highest BCUT2D eigenvalue weighted by Gasteiger charge is 2.09. The number of ether oxygens (including phenoxy) is 2. The van der Waals surface area contributed by atoms with Gasteiger partial charge in [0, 0.05) is 17.8 Å². The van der Waals surface area contributed by atoms with Crippen molar-refractivity contribution < 1.29 is 14.3 Å². The summed E-state index contributed by atoms with van der Waals surface area (Å²) in [6.07, 6.45) is 4.15. The van der Waals surface area contributed by atoms with Crippen LogP contribution in [0.25, 0.3) is 6.08 Å². The van der Waals surface area contributed by atoms with Crippen LogP contribution in [0.15, 0.2) is 18.3 Å². The summed E-state index contributed by atoms with van der Waals surface area (Å²) in [5.41, 5.74) is 0.854. The van der Waals surface area contributed by atoms with Crippen LogP contribution in [0.5, 0.6) is 5.88 Å². The van der Waals surface area contributed by atoms with Gasteiger partial charge < -0.3 is 9.47 Å². The molecule has 0 bridgehead atoms. The lowest BCUT2D eigenvalue weighted by molar-refractivity contribution is 0.0600. The highest BCUT2D eigenvalue weighted by molar-refractivity contribution is 5.89. The van der Waals surface area contributed by atoms with Gasteiger partial charge in [0.2, 0.25) is 5.88 Å².